The number of carboxylic acids is 1. The van der Waals surface area contributed by atoms with E-state index in [1.54, 1.807) is 18.2 Å². The Bertz CT molecular complexity index is 563. The van der Waals surface area contributed by atoms with Crippen molar-refractivity contribution >= 4 is 17.6 Å². The fourth-order valence-corrected chi connectivity index (χ4v) is 1.80. The van der Waals surface area contributed by atoms with Crippen LogP contribution in [0.15, 0.2) is 24.3 Å². The molecule has 0 aliphatic rings. The average molecular weight is 251 g/mol. The summed E-state index contributed by atoms with van der Waals surface area (Å²) in [6.07, 6.45) is 0.592. The van der Waals surface area contributed by atoms with Gasteiger partial charge in [0.25, 0.3) is 0 Å². The molecule has 1 aromatic heterocycles. The van der Waals surface area contributed by atoms with E-state index < -0.39 is 5.97 Å². The van der Waals surface area contributed by atoms with Gasteiger partial charge >= 0.3 is 5.97 Å². The van der Waals surface area contributed by atoms with Gasteiger partial charge in [0, 0.05) is 16.3 Å². The Labute approximate surface area is 103 Å². The summed E-state index contributed by atoms with van der Waals surface area (Å²) in [4.78, 5) is 18.1. The molecule has 0 unspecified atom stereocenters. The van der Waals surface area contributed by atoms with Crippen molar-refractivity contribution < 1.29 is 9.90 Å². The fraction of sp³-hybridized carbons (Fsp3) is 0.167. The summed E-state index contributed by atoms with van der Waals surface area (Å²) in [7, 11) is 0. The van der Waals surface area contributed by atoms with Crippen molar-refractivity contribution in [2.45, 2.75) is 13.3 Å². The number of aromatic nitrogens is 2. The predicted octanol–water partition coefficient (Wildman–Crippen LogP) is 2.99. The number of carbonyl (C=O) groups is 1. The second-order valence-electron chi connectivity index (χ2n) is 3.58. The van der Waals surface area contributed by atoms with Gasteiger partial charge in [-0.15, -0.1) is 0 Å². The first kappa shape index (κ1) is 11.7. The number of imidazole rings is 1. The van der Waals surface area contributed by atoms with E-state index in [0.717, 1.165) is 5.56 Å². The number of nitrogens with zero attached hydrogens (tertiary/aromatic N) is 1. The van der Waals surface area contributed by atoms with E-state index in [4.69, 9.17) is 16.7 Å². The van der Waals surface area contributed by atoms with Gasteiger partial charge in [-0.25, -0.2) is 9.78 Å². The first-order chi connectivity index (χ1) is 8.11. The van der Waals surface area contributed by atoms with Crippen LogP contribution in [0.1, 0.15) is 23.1 Å². The Morgan fingerprint density at radius 1 is 1.53 bits per heavy atom. The highest BCUT2D eigenvalue weighted by Gasteiger charge is 2.15. The van der Waals surface area contributed by atoms with Crippen LogP contribution >= 0.6 is 11.6 Å². The molecule has 1 heterocycles. The van der Waals surface area contributed by atoms with Gasteiger partial charge in [-0.3, -0.25) is 0 Å². The van der Waals surface area contributed by atoms with Crippen LogP contribution in [-0.4, -0.2) is 21.0 Å². The van der Waals surface area contributed by atoms with Crippen LogP contribution in [0.2, 0.25) is 5.02 Å². The molecule has 88 valence electrons. The number of nitrogens with one attached hydrogen (secondary N) is 1. The number of benzene rings is 1. The molecule has 0 aliphatic heterocycles. The predicted molar refractivity (Wildman–Crippen MR) is 65.4 cm³/mol. The third-order valence-electron chi connectivity index (χ3n) is 2.43. The quantitative estimate of drug-likeness (QED) is 0.880. The zero-order valence-electron chi connectivity index (χ0n) is 9.20. The summed E-state index contributed by atoms with van der Waals surface area (Å²) in [5.41, 5.74) is 1.47. The smallest absolute Gasteiger partial charge is 0.356 e. The summed E-state index contributed by atoms with van der Waals surface area (Å²) in [6, 6.07) is 7.13. The van der Waals surface area contributed by atoms with Crippen LogP contribution in [0.25, 0.3) is 11.4 Å². The Morgan fingerprint density at radius 3 is 2.82 bits per heavy atom. The molecule has 0 spiro atoms. The number of halogens is 1. The maximum atomic E-state index is 11.0. The van der Waals surface area contributed by atoms with E-state index in [9.17, 15) is 4.79 Å². The number of H-pyrrole nitrogens is 1. The third kappa shape index (κ3) is 2.31. The van der Waals surface area contributed by atoms with Gasteiger partial charge in [0.2, 0.25) is 0 Å². The molecule has 2 N–H and O–H groups in total. The standard InChI is InChI=1S/C12H11ClN2O2/c1-2-9-10(12(16)17)15-11(14-9)7-4-3-5-8(13)6-7/h3-6H,2H2,1H3,(H,14,15)(H,16,17). The Morgan fingerprint density at radius 2 is 2.29 bits per heavy atom. The molecule has 0 fully saturated rings. The lowest BCUT2D eigenvalue weighted by molar-refractivity contribution is 0.0690. The first-order valence-corrected chi connectivity index (χ1v) is 5.57. The molecule has 2 aromatic rings. The van der Waals surface area contributed by atoms with Crippen LogP contribution in [0.5, 0.6) is 0 Å². The highest BCUT2D eigenvalue weighted by atomic mass is 35.5. The van der Waals surface area contributed by atoms with E-state index in [1.807, 2.05) is 13.0 Å². The minimum atomic E-state index is -1.02. The zero-order chi connectivity index (χ0) is 12.4. The SMILES string of the molecule is CCc1[nH]c(-c2cccc(Cl)c2)nc1C(=O)O. The molecule has 1 aromatic carbocycles. The molecule has 2 rings (SSSR count). The Balaban J connectivity index is 2.50. The molecule has 0 saturated carbocycles. The molecule has 0 radical (unpaired) electrons. The lowest BCUT2D eigenvalue weighted by atomic mass is 10.2. The lowest BCUT2D eigenvalue weighted by Crippen LogP contribution is -2.00. The monoisotopic (exact) mass is 250 g/mol. The van der Waals surface area contributed by atoms with Gasteiger partial charge in [0.15, 0.2) is 5.69 Å². The molecule has 17 heavy (non-hydrogen) atoms. The highest BCUT2D eigenvalue weighted by molar-refractivity contribution is 6.30. The molecule has 0 amide bonds. The van der Waals surface area contributed by atoms with E-state index in [1.165, 1.54) is 0 Å². The van der Waals surface area contributed by atoms with Crippen LogP contribution in [0.3, 0.4) is 0 Å². The summed E-state index contributed by atoms with van der Waals surface area (Å²) in [5.74, 6) is -0.492. The normalized spacial score (nSPS) is 10.5. The maximum absolute atomic E-state index is 11.0. The minimum Gasteiger partial charge on any atom is -0.476 e. The van der Waals surface area contributed by atoms with Crippen LogP contribution < -0.4 is 0 Å². The van der Waals surface area contributed by atoms with Crippen molar-refractivity contribution in [2.75, 3.05) is 0 Å². The second kappa shape index (κ2) is 4.59. The molecular formula is C12H11ClN2O2. The van der Waals surface area contributed by atoms with Crippen molar-refractivity contribution in [3.05, 3.63) is 40.7 Å². The Hall–Kier alpha value is -1.81. The number of hydrogen-bond acceptors (Lipinski definition) is 2. The fourth-order valence-electron chi connectivity index (χ4n) is 1.61. The Kier molecular flexibility index (Phi) is 3.15. The topological polar surface area (TPSA) is 66.0 Å². The van der Waals surface area contributed by atoms with Gasteiger partial charge in [-0.1, -0.05) is 30.7 Å². The summed E-state index contributed by atoms with van der Waals surface area (Å²) < 4.78 is 0. The molecule has 0 atom stereocenters. The first-order valence-electron chi connectivity index (χ1n) is 5.20. The number of rotatable bonds is 3. The average Bonchev–Trinajstić information content (AvgIpc) is 2.73. The number of aryl methyl sites for hydroxylation is 1. The molecular weight excluding hydrogens is 240 g/mol. The summed E-state index contributed by atoms with van der Waals surface area (Å²) in [5, 5.41) is 9.59. The van der Waals surface area contributed by atoms with Crippen molar-refractivity contribution in [1.29, 1.82) is 0 Å². The van der Waals surface area contributed by atoms with Crippen molar-refractivity contribution in [1.82, 2.24) is 9.97 Å². The van der Waals surface area contributed by atoms with Crippen molar-refractivity contribution in [2.24, 2.45) is 0 Å². The molecule has 4 nitrogen and oxygen atoms in total. The lowest BCUT2D eigenvalue weighted by Gasteiger charge is -1.96. The highest BCUT2D eigenvalue weighted by Crippen LogP contribution is 2.21. The van der Waals surface area contributed by atoms with Gasteiger partial charge in [0.1, 0.15) is 5.82 Å². The number of hydrogen-bond donors (Lipinski definition) is 2. The number of aromatic carboxylic acids is 1. The van der Waals surface area contributed by atoms with Crippen molar-refractivity contribution in [3.63, 3.8) is 0 Å². The van der Waals surface area contributed by atoms with Crippen LogP contribution in [0.4, 0.5) is 0 Å². The van der Waals surface area contributed by atoms with E-state index in [0.29, 0.717) is 23.0 Å². The molecule has 5 heteroatoms. The van der Waals surface area contributed by atoms with Gasteiger partial charge in [-0.2, -0.15) is 0 Å². The van der Waals surface area contributed by atoms with Crippen LogP contribution in [-0.2, 0) is 6.42 Å². The number of carboxylic acid groups (broad SMARTS) is 1. The largest absolute Gasteiger partial charge is 0.476 e. The van der Waals surface area contributed by atoms with Crippen molar-refractivity contribution in [3.8, 4) is 11.4 Å². The van der Waals surface area contributed by atoms with E-state index in [-0.39, 0.29) is 5.69 Å². The van der Waals surface area contributed by atoms with Gasteiger partial charge in [0.05, 0.1) is 0 Å². The third-order valence-corrected chi connectivity index (χ3v) is 2.67. The second-order valence-corrected chi connectivity index (χ2v) is 4.02. The van der Waals surface area contributed by atoms with Crippen LogP contribution in [0, 0.1) is 0 Å². The number of aromatic amines is 1. The zero-order valence-corrected chi connectivity index (χ0v) is 9.95. The summed E-state index contributed by atoms with van der Waals surface area (Å²) >= 11 is 5.88. The molecule has 0 aliphatic carbocycles. The van der Waals surface area contributed by atoms with E-state index in [2.05, 4.69) is 9.97 Å². The molecule has 0 bridgehead atoms. The molecule has 0 saturated heterocycles. The minimum absolute atomic E-state index is 0.0717. The summed E-state index contributed by atoms with van der Waals surface area (Å²) in [6.45, 7) is 1.88. The maximum Gasteiger partial charge on any atom is 0.356 e. The van der Waals surface area contributed by atoms with Gasteiger partial charge in [-0.05, 0) is 18.6 Å². The van der Waals surface area contributed by atoms with Gasteiger partial charge < -0.3 is 10.1 Å². The van der Waals surface area contributed by atoms with E-state index >= 15 is 0 Å².